The maximum atomic E-state index is 9.49. The molecule has 13 heavy (non-hydrogen) atoms. The monoisotopic (exact) mass is 179 g/mol. The van der Waals surface area contributed by atoms with E-state index < -0.39 is 6.10 Å². The van der Waals surface area contributed by atoms with Gasteiger partial charge in [-0.2, -0.15) is 0 Å². The van der Waals surface area contributed by atoms with Crippen molar-refractivity contribution >= 4 is 0 Å². The maximum Gasteiger partial charge on any atom is 0.126 e. The van der Waals surface area contributed by atoms with E-state index in [0.717, 1.165) is 5.57 Å². The van der Waals surface area contributed by atoms with Gasteiger partial charge in [-0.1, -0.05) is 12.2 Å². The van der Waals surface area contributed by atoms with Crippen molar-refractivity contribution in [2.24, 2.45) is 11.7 Å². The van der Waals surface area contributed by atoms with E-state index >= 15 is 0 Å². The number of aliphatic hydroxyl groups is 1. The van der Waals surface area contributed by atoms with E-state index in [2.05, 4.69) is 0 Å². The fourth-order valence-corrected chi connectivity index (χ4v) is 1.59. The smallest absolute Gasteiger partial charge is 0.126 e. The molecule has 3 N–H and O–H groups in total. The number of fused-ring (bicyclic) bond motifs is 1. The molecule has 0 spiro atoms. The van der Waals surface area contributed by atoms with E-state index in [1.165, 1.54) is 0 Å². The Labute approximate surface area is 77.2 Å². The van der Waals surface area contributed by atoms with Gasteiger partial charge >= 0.3 is 0 Å². The van der Waals surface area contributed by atoms with Crippen molar-refractivity contribution in [1.82, 2.24) is 0 Å². The van der Waals surface area contributed by atoms with Crippen LogP contribution in [0.5, 0.6) is 0 Å². The normalized spacial score (nSPS) is 32.3. The summed E-state index contributed by atoms with van der Waals surface area (Å²) in [5, 5.41) is 9.49. The van der Waals surface area contributed by atoms with E-state index in [-0.39, 0.29) is 18.6 Å². The van der Waals surface area contributed by atoms with Crippen molar-refractivity contribution < 1.29 is 9.84 Å². The van der Waals surface area contributed by atoms with E-state index in [0.29, 0.717) is 0 Å². The largest absolute Gasteiger partial charge is 0.493 e. The maximum absolute atomic E-state index is 9.49. The summed E-state index contributed by atoms with van der Waals surface area (Å²) in [6, 6.07) is 0. The number of aliphatic hydroxyl groups excluding tert-OH is 1. The van der Waals surface area contributed by atoms with Gasteiger partial charge in [-0.25, -0.2) is 0 Å². The lowest BCUT2D eigenvalue weighted by Gasteiger charge is -2.20. The molecular formula is C10H13NO2. The van der Waals surface area contributed by atoms with Crippen molar-refractivity contribution in [2.75, 3.05) is 6.54 Å². The molecule has 3 heteroatoms. The van der Waals surface area contributed by atoms with Crippen LogP contribution in [0.1, 0.15) is 0 Å². The molecule has 0 aromatic heterocycles. The van der Waals surface area contributed by atoms with Crippen LogP contribution < -0.4 is 5.73 Å². The third kappa shape index (κ3) is 1.53. The molecule has 2 rings (SSSR count). The lowest BCUT2D eigenvalue weighted by atomic mass is 9.92. The molecule has 3 unspecified atom stereocenters. The second-order valence-electron chi connectivity index (χ2n) is 3.28. The molecule has 1 aliphatic heterocycles. The molecule has 70 valence electrons. The summed E-state index contributed by atoms with van der Waals surface area (Å²) in [4.78, 5) is 0. The molecule has 0 amide bonds. The molecule has 0 bridgehead atoms. The highest BCUT2D eigenvalue weighted by atomic mass is 16.5. The molecule has 0 aromatic rings. The molecule has 0 radical (unpaired) electrons. The first-order chi connectivity index (χ1) is 6.31. The van der Waals surface area contributed by atoms with Gasteiger partial charge in [-0.3, -0.25) is 0 Å². The first-order valence-corrected chi connectivity index (χ1v) is 4.41. The molecule has 3 atom stereocenters. The Kier molecular flexibility index (Phi) is 2.20. The van der Waals surface area contributed by atoms with Crippen LogP contribution in [0, 0.1) is 5.92 Å². The fourth-order valence-electron chi connectivity index (χ4n) is 1.59. The van der Waals surface area contributed by atoms with Gasteiger partial charge in [-0.05, 0) is 17.7 Å². The van der Waals surface area contributed by atoms with E-state index in [1.54, 1.807) is 6.26 Å². The molecule has 3 nitrogen and oxygen atoms in total. The van der Waals surface area contributed by atoms with Crippen LogP contribution in [0.25, 0.3) is 0 Å². The van der Waals surface area contributed by atoms with E-state index in [4.69, 9.17) is 10.5 Å². The third-order valence-electron chi connectivity index (χ3n) is 2.39. The first kappa shape index (κ1) is 8.53. The van der Waals surface area contributed by atoms with Crippen LogP contribution in [-0.2, 0) is 4.74 Å². The predicted octanol–water partition coefficient (Wildman–Crippen LogP) is 0.331. The topological polar surface area (TPSA) is 55.5 Å². The number of rotatable bonds is 2. The molecular weight excluding hydrogens is 166 g/mol. The van der Waals surface area contributed by atoms with Gasteiger partial charge in [0, 0.05) is 12.5 Å². The second-order valence-corrected chi connectivity index (χ2v) is 3.28. The summed E-state index contributed by atoms with van der Waals surface area (Å²) in [5.41, 5.74) is 6.25. The average Bonchev–Trinajstić information content (AvgIpc) is 2.63. The van der Waals surface area contributed by atoms with Crippen molar-refractivity contribution in [3.05, 3.63) is 36.1 Å². The Morgan fingerprint density at radius 1 is 1.54 bits per heavy atom. The summed E-state index contributed by atoms with van der Waals surface area (Å²) >= 11 is 0. The Balaban J connectivity index is 2.14. The summed E-state index contributed by atoms with van der Waals surface area (Å²) in [5.74, 6) is 0.265. The Morgan fingerprint density at radius 2 is 2.38 bits per heavy atom. The fraction of sp³-hybridized carbons (Fsp3) is 0.400. The third-order valence-corrected chi connectivity index (χ3v) is 2.39. The molecule has 0 saturated heterocycles. The number of ether oxygens (including phenoxy) is 1. The van der Waals surface area contributed by atoms with Gasteiger partial charge in [0.15, 0.2) is 0 Å². The van der Waals surface area contributed by atoms with Crippen LogP contribution in [-0.4, -0.2) is 23.9 Å². The van der Waals surface area contributed by atoms with Crippen molar-refractivity contribution in [1.29, 1.82) is 0 Å². The Bertz CT molecular complexity index is 281. The molecule has 0 saturated carbocycles. The summed E-state index contributed by atoms with van der Waals surface area (Å²) < 4.78 is 5.29. The zero-order chi connectivity index (χ0) is 9.26. The SMILES string of the molecule is NCC(O)C1=CC2C=COC2C=C1. The van der Waals surface area contributed by atoms with Crippen LogP contribution in [0.3, 0.4) is 0 Å². The van der Waals surface area contributed by atoms with Crippen molar-refractivity contribution in [3.8, 4) is 0 Å². The van der Waals surface area contributed by atoms with Gasteiger partial charge < -0.3 is 15.6 Å². The van der Waals surface area contributed by atoms with Crippen molar-refractivity contribution in [2.45, 2.75) is 12.2 Å². The second kappa shape index (κ2) is 3.36. The Morgan fingerprint density at radius 3 is 3.15 bits per heavy atom. The highest BCUT2D eigenvalue weighted by molar-refractivity contribution is 5.33. The summed E-state index contributed by atoms with van der Waals surface area (Å²) in [6.45, 7) is 0.262. The molecule has 0 fully saturated rings. The first-order valence-electron chi connectivity index (χ1n) is 4.41. The highest BCUT2D eigenvalue weighted by Gasteiger charge is 2.24. The summed E-state index contributed by atoms with van der Waals surface area (Å²) in [7, 11) is 0. The molecule has 1 aliphatic carbocycles. The van der Waals surface area contributed by atoms with Crippen LogP contribution in [0.15, 0.2) is 36.1 Å². The quantitative estimate of drug-likeness (QED) is 0.642. The number of nitrogens with two attached hydrogens (primary N) is 1. The van der Waals surface area contributed by atoms with Gasteiger partial charge in [-0.15, -0.1) is 0 Å². The lowest BCUT2D eigenvalue weighted by molar-refractivity contribution is 0.186. The molecule has 0 aromatic carbocycles. The lowest BCUT2D eigenvalue weighted by Crippen LogP contribution is -2.25. The predicted molar refractivity (Wildman–Crippen MR) is 49.8 cm³/mol. The molecule has 1 heterocycles. The zero-order valence-electron chi connectivity index (χ0n) is 7.26. The number of hydrogen-bond donors (Lipinski definition) is 2. The zero-order valence-corrected chi connectivity index (χ0v) is 7.26. The van der Waals surface area contributed by atoms with Crippen molar-refractivity contribution in [3.63, 3.8) is 0 Å². The standard InChI is InChI=1S/C10H13NO2/c11-6-9(12)7-1-2-10-8(5-7)3-4-13-10/h1-5,8-10,12H,6,11H2. The van der Waals surface area contributed by atoms with E-state index in [1.807, 2.05) is 24.3 Å². The van der Waals surface area contributed by atoms with Crippen LogP contribution >= 0.6 is 0 Å². The van der Waals surface area contributed by atoms with Gasteiger partial charge in [0.2, 0.25) is 0 Å². The Hall–Kier alpha value is -1.06. The minimum Gasteiger partial charge on any atom is -0.493 e. The number of hydrogen-bond acceptors (Lipinski definition) is 3. The van der Waals surface area contributed by atoms with Crippen LogP contribution in [0.4, 0.5) is 0 Å². The minimum atomic E-state index is -0.550. The molecule has 2 aliphatic rings. The highest BCUT2D eigenvalue weighted by Crippen LogP contribution is 2.26. The van der Waals surface area contributed by atoms with Gasteiger partial charge in [0.25, 0.3) is 0 Å². The van der Waals surface area contributed by atoms with Gasteiger partial charge in [0.05, 0.1) is 12.4 Å². The summed E-state index contributed by atoms with van der Waals surface area (Å²) in [6.07, 6.45) is 9.10. The van der Waals surface area contributed by atoms with E-state index in [9.17, 15) is 5.11 Å². The minimum absolute atomic E-state index is 0.119. The average molecular weight is 179 g/mol. The van der Waals surface area contributed by atoms with Crippen LogP contribution in [0.2, 0.25) is 0 Å². The van der Waals surface area contributed by atoms with Gasteiger partial charge in [0.1, 0.15) is 6.10 Å².